The van der Waals surface area contributed by atoms with Crippen LogP contribution >= 0.6 is 0 Å². The summed E-state index contributed by atoms with van der Waals surface area (Å²) in [5.74, 6) is 0. The zero-order chi connectivity index (χ0) is 13.2. The van der Waals surface area contributed by atoms with E-state index in [0.29, 0.717) is 0 Å². The quantitative estimate of drug-likeness (QED) is 0.812. The average Bonchev–Trinajstić information content (AvgIpc) is 1.99. The SMILES string of the molecule is CCCNC(C(C)(C)C)C(C)(C)S(C)(=O)=O. The molecule has 3 nitrogen and oxygen atoms in total. The summed E-state index contributed by atoms with van der Waals surface area (Å²) < 4.78 is 23.0. The van der Waals surface area contributed by atoms with Crippen LogP contribution in [-0.4, -0.2) is 32.0 Å². The van der Waals surface area contributed by atoms with Gasteiger partial charge in [0.2, 0.25) is 0 Å². The van der Waals surface area contributed by atoms with E-state index in [1.165, 1.54) is 6.26 Å². The van der Waals surface area contributed by atoms with Gasteiger partial charge in [-0.3, -0.25) is 0 Å². The van der Waals surface area contributed by atoms with Crippen LogP contribution in [0.15, 0.2) is 0 Å². The molecule has 0 bridgehead atoms. The molecule has 0 saturated heterocycles. The molecule has 1 N–H and O–H groups in total. The Morgan fingerprint density at radius 1 is 1.12 bits per heavy atom. The van der Waals surface area contributed by atoms with Crippen molar-refractivity contribution < 1.29 is 8.42 Å². The first-order valence-corrected chi connectivity index (χ1v) is 7.76. The lowest BCUT2D eigenvalue weighted by molar-refractivity contribution is 0.224. The second-order valence-corrected chi connectivity index (χ2v) is 8.73. The van der Waals surface area contributed by atoms with E-state index in [0.717, 1.165) is 13.0 Å². The molecule has 0 aromatic heterocycles. The predicted octanol–water partition coefficient (Wildman–Crippen LogP) is 2.22. The molecule has 0 heterocycles. The van der Waals surface area contributed by atoms with Gasteiger partial charge in [0, 0.05) is 12.3 Å². The van der Waals surface area contributed by atoms with Gasteiger partial charge in [0.15, 0.2) is 9.84 Å². The van der Waals surface area contributed by atoms with Crippen molar-refractivity contribution in [2.75, 3.05) is 12.8 Å². The molecule has 0 radical (unpaired) electrons. The number of nitrogens with one attached hydrogen (secondary N) is 1. The molecule has 0 rings (SSSR count). The normalized spacial score (nSPS) is 16.2. The molecule has 0 aliphatic heterocycles. The predicted molar refractivity (Wildman–Crippen MR) is 70.5 cm³/mol. The van der Waals surface area contributed by atoms with Gasteiger partial charge in [-0.15, -0.1) is 0 Å². The Labute approximate surface area is 101 Å². The fraction of sp³-hybridized carbons (Fsp3) is 1.00. The third kappa shape index (κ3) is 3.74. The third-order valence-corrected chi connectivity index (χ3v) is 5.26. The standard InChI is InChI=1S/C12H27NO2S/c1-8-9-13-10(11(2,3)4)12(5,6)16(7,14)15/h10,13H,8-9H2,1-7H3. The average molecular weight is 249 g/mol. The molecule has 1 atom stereocenters. The van der Waals surface area contributed by atoms with E-state index in [1.807, 2.05) is 0 Å². The van der Waals surface area contributed by atoms with E-state index >= 15 is 0 Å². The molecular weight excluding hydrogens is 222 g/mol. The molecular formula is C12H27NO2S. The summed E-state index contributed by atoms with van der Waals surface area (Å²) in [5, 5.41) is 3.38. The van der Waals surface area contributed by atoms with Crippen LogP contribution < -0.4 is 5.32 Å². The van der Waals surface area contributed by atoms with Crippen molar-refractivity contribution in [2.45, 2.75) is 58.8 Å². The van der Waals surface area contributed by atoms with Crippen molar-refractivity contribution in [3.8, 4) is 0 Å². The smallest absolute Gasteiger partial charge is 0.154 e. The molecule has 0 aromatic carbocycles. The Kier molecular flexibility index (Phi) is 5.02. The van der Waals surface area contributed by atoms with Gasteiger partial charge in [0.05, 0.1) is 4.75 Å². The summed E-state index contributed by atoms with van der Waals surface area (Å²) in [7, 11) is -3.08. The summed E-state index contributed by atoms with van der Waals surface area (Å²) in [5.41, 5.74) is -0.0816. The van der Waals surface area contributed by atoms with Crippen molar-refractivity contribution >= 4 is 9.84 Å². The number of hydrogen-bond acceptors (Lipinski definition) is 3. The van der Waals surface area contributed by atoms with Crippen LogP contribution in [0.3, 0.4) is 0 Å². The van der Waals surface area contributed by atoms with Crippen molar-refractivity contribution in [2.24, 2.45) is 5.41 Å². The van der Waals surface area contributed by atoms with Crippen LogP contribution in [0, 0.1) is 5.41 Å². The maximum absolute atomic E-state index is 11.9. The van der Waals surface area contributed by atoms with Gasteiger partial charge >= 0.3 is 0 Å². The zero-order valence-corrected chi connectivity index (χ0v) is 12.5. The maximum Gasteiger partial charge on any atom is 0.154 e. The second-order valence-electron chi connectivity index (χ2n) is 6.13. The highest BCUT2D eigenvalue weighted by molar-refractivity contribution is 7.92. The summed E-state index contributed by atoms with van der Waals surface area (Å²) in [6, 6.07) is -0.0463. The highest BCUT2D eigenvalue weighted by atomic mass is 32.2. The number of rotatable bonds is 5. The van der Waals surface area contributed by atoms with Crippen molar-refractivity contribution in [1.29, 1.82) is 0 Å². The van der Waals surface area contributed by atoms with Gasteiger partial charge in [-0.2, -0.15) is 0 Å². The summed E-state index contributed by atoms with van der Waals surface area (Å²) in [6.45, 7) is 12.8. The van der Waals surface area contributed by atoms with Crippen LogP contribution in [0.25, 0.3) is 0 Å². The van der Waals surface area contributed by atoms with Crippen molar-refractivity contribution in [1.82, 2.24) is 5.32 Å². The van der Waals surface area contributed by atoms with Gasteiger partial charge < -0.3 is 5.32 Å². The van der Waals surface area contributed by atoms with E-state index in [9.17, 15) is 8.42 Å². The highest BCUT2D eigenvalue weighted by Crippen LogP contribution is 2.32. The lowest BCUT2D eigenvalue weighted by Crippen LogP contribution is -2.57. The first kappa shape index (κ1) is 15.9. The topological polar surface area (TPSA) is 46.2 Å². The van der Waals surface area contributed by atoms with Gasteiger partial charge in [-0.25, -0.2) is 8.42 Å². The molecule has 0 fully saturated rings. The largest absolute Gasteiger partial charge is 0.312 e. The molecule has 0 spiro atoms. The first-order valence-electron chi connectivity index (χ1n) is 5.87. The Hall–Kier alpha value is -0.0900. The first-order chi connectivity index (χ1) is 6.94. The van der Waals surface area contributed by atoms with E-state index in [4.69, 9.17) is 0 Å². The lowest BCUT2D eigenvalue weighted by Gasteiger charge is -2.42. The molecule has 0 aromatic rings. The third-order valence-electron chi connectivity index (χ3n) is 3.12. The van der Waals surface area contributed by atoms with E-state index < -0.39 is 14.6 Å². The monoisotopic (exact) mass is 249 g/mol. The summed E-state index contributed by atoms with van der Waals surface area (Å²) >= 11 is 0. The van der Waals surface area contributed by atoms with Gasteiger partial charge in [0.1, 0.15) is 0 Å². The minimum Gasteiger partial charge on any atom is -0.312 e. The lowest BCUT2D eigenvalue weighted by atomic mass is 9.79. The van der Waals surface area contributed by atoms with E-state index in [2.05, 4.69) is 33.0 Å². The minimum absolute atomic E-state index is 0.0463. The Balaban J connectivity index is 5.20. The molecule has 0 saturated carbocycles. The summed E-state index contributed by atoms with van der Waals surface area (Å²) in [4.78, 5) is 0. The van der Waals surface area contributed by atoms with Crippen LogP contribution in [0.2, 0.25) is 0 Å². The maximum atomic E-state index is 11.9. The molecule has 98 valence electrons. The Bertz CT molecular complexity index is 312. The Morgan fingerprint density at radius 2 is 1.56 bits per heavy atom. The number of hydrogen-bond donors (Lipinski definition) is 1. The van der Waals surface area contributed by atoms with Crippen LogP contribution in [0.4, 0.5) is 0 Å². The zero-order valence-electron chi connectivity index (χ0n) is 11.7. The van der Waals surface area contributed by atoms with Crippen LogP contribution in [-0.2, 0) is 9.84 Å². The van der Waals surface area contributed by atoms with Crippen LogP contribution in [0.1, 0.15) is 48.0 Å². The molecule has 1 unspecified atom stereocenters. The molecule has 0 amide bonds. The fourth-order valence-corrected chi connectivity index (χ4v) is 2.96. The van der Waals surface area contributed by atoms with Crippen molar-refractivity contribution in [3.63, 3.8) is 0 Å². The Morgan fingerprint density at radius 3 is 1.81 bits per heavy atom. The molecule has 4 heteroatoms. The molecule has 0 aliphatic rings. The van der Waals surface area contributed by atoms with Gasteiger partial charge in [0.25, 0.3) is 0 Å². The molecule has 0 aliphatic carbocycles. The highest BCUT2D eigenvalue weighted by Gasteiger charge is 2.44. The minimum atomic E-state index is -3.08. The number of sulfone groups is 1. The fourth-order valence-electron chi connectivity index (χ4n) is 2.10. The van der Waals surface area contributed by atoms with E-state index in [1.54, 1.807) is 13.8 Å². The van der Waals surface area contributed by atoms with Crippen LogP contribution in [0.5, 0.6) is 0 Å². The second kappa shape index (κ2) is 5.05. The summed E-state index contributed by atoms with van der Waals surface area (Å²) in [6.07, 6.45) is 2.33. The van der Waals surface area contributed by atoms with Gasteiger partial charge in [-0.1, -0.05) is 27.7 Å². The van der Waals surface area contributed by atoms with Crippen molar-refractivity contribution in [3.05, 3.63) is 0 Å². The van der Waals surface area contributed by atoms with E-state index in [-0.39, 0.29) is 11.5 Å². The molecule has 16 heavy (non-hydrogen) atoms. The van der Waals surface area contributed by atoms with Gasteiger partial charge in [-0.05, 0) is 32.2 Å².